The van der Waals surface area contributed by atoms with Crippen LogP contribution in [0.4, 0.5) is 0 Å². The monoisotopic (exact) mass is 526 g/mol. The van der Waals surface area contributed by atoms with E-state index in [4.69, 9.17) is 0 Å². The third kappa shape index (κ3) is 7.92. The Bertz CT molecular complexity index is 1260. The Labute approximate surface area is 239 Å². The number of phenols is 1. The molecule has 1 N–H and O–H groups in total. The quantitative estimate of drug-likeness (QED) is 0.178. The van der Waals surface area contributed by atoms with E-state index in [9.17, 15) is 5.11 Å². The van der Waals surface area contributed by atoms with Gasteiger partial charge in [-0.2, -0.15) is 0 Å². The third-order valence-corrected chi connectivity index (χ3v) is 7.20. The van der Waals surface area contributed by atoms with Gasteiger partial charge in [-0.05, 0) is 29.2 Å². The number of rotatable bonds is 12. The van der Waals surface area contributed by atoms with Gasteiger partial charge in [0.15, 0.2) is 0 Å². The molecule has 0 aliphatic rings. The maximum atomic E-state index is 11.6. The topological polar surface area (TPSA) is 26.7 Å². The third-order valence-electron chi connectivity index (χ3n) is 7.20. The minimum absolute atomic E-state index is 0.405. The van der Waals surface area contributed by atoms with Crippen LogP contribution in [0.2, 0.25) is 0 Å². The van der Waals surface area contributed by atoms with Crippen LogP contribution >= 0.6 is 0 Å². The van der Waals surface area contributed by atoms with E-state index in [0.29, 0.717) is 18.8 Å². The second-order valence-corrected chi connectivity index (χ2v) is 10.7. The van der Waals surface area contributed by atoms with Gasteiger partial charge in [0.25, 0.3) is 0 Å². The summed E-state index contributed by atoms with van der Waals surface area (Å²) in [6.45, 7) is 6.71. The molecule has 3 nitrogen and oxygen atoms in total. The summed E-state index contributed by atoms with van der Waals surface area (Å²) in [5.74, 6) is 0.405. The Morgan fingerprint density at radius 3 is 0.975 bits per heavy atom. The Hall–Kier alpha value is -4.18. The average Bonchev–Trinajstić information content (AvgIpc) is 2.97. The second-order valence-electron chi connectivity index (χ2n) is 10.7. The number of benzene rings is 5. The van der Waals surface area contributed by atoms with Crippen molar-refractivity contribution in [3.63, 3.8) is 0 Å². The zero-order valence-electron chi connectivity index (χ0n) is 23.3. The van der Waals surface area contributed by atoms with Gasteiger partial charge in [0.2, 0.25) is 0 Å². The number of hydrogen-bond acceptors (Lipinski definition) is 3. The van der Waals surface area contributed by atoms with Gasteiger partial charge >= 0.3 is 0 Å². The van der Waals surface area contributed by atoms with Gasteiger partial charge in [-0.15, -0.1) is 0 Å². The first kappa shape index (κ1) is 27.4. The molecule has 0 bridgehead atoms. The van der Waals surface area contributed by atoms with Crippen molar-refractivity contribution in [1.29, 1.82) is 0 Å². The fraction of sp³-hybridized carbons (Fsp3) is 0.189. The van der Waals surface area contributed by atoms with Gasteiger partial charge in [0.1, 0.15) is 5.75 Å². The lowest BCUT2D eigenvalue weighted by Crippen LogP contribution is -2.24. The lowest BCUT2D eigenvalue weighted by Gasteiger charge is -2.26. The van der Waals surface area contributed by atoms with Crippen molar-refractivity contribution >= 4 is 0 Å². The molecule has 0 aliphatic heterocycles. The van der Waals surface area contributed by atoms with Crippen molar-refractivity contribution in [3.05, 3.63) is 172 Å². The van der Waals surface area contributed by atoms with Gasteiger partial charge in [-0.25, -0.2) is 0 Å². The molecule has 0 spiro atoms. The first-order valence-electron chi connectivity index (χ1n) is 14.0. The first-order chi connectivity index (χ1) is 19.6. The van der Waals surface area contributed by atoms with Gasteiger partial charge in [0.05, 0.1) is 0 Å². The molecule has 0 saturated carbocycles. The Morgan fingerprint density at radius 1 is 0.425 bits per heavy atom. The molecule has 0 heterocycles. The minimum Gasteiger partial charge on any atom is -0.507 e. The van der Waals surface area contributed by atoms with Crippen molar-refractivity contribution in [2.24, 2.45) is 0 Å². The van der Waals surface area contributed by atoms with Crippen LogP contribution in [0.1, 0.15) is 38.9 Å². The second kappa shape index (κ2) is 13.7. The zero-order chi connectivity index (χ0) is 27.6. The van der Waals surface area contributed by atoms with Crippen LogP contribution < -0.4 is 0 Å². The van der Waals surface area contributed by atoms with E-state index in [1.807, 2.05) is 0 Å². The van der Waals surface area contributed by atoms with Crippen molar-refractivity contribution in [3.8, 4) is 5.75 Å². The first-order valence-corrected chi connectivity index (χ1v) is 14.0. The zero-order valence-corrected chi connectivity index (χ0v) is 23.3. The number of phenolic OH excluding ortho intramolecular Hbond substituents is 1. The van der Waals surface area contributed by atoms with Crippen LogP contribution in [0.3, 0.4) is 0 Å². The lowest BCUT2D eigenvalue weighted by atomic mass is 10.0. The Kier molecular flexibility index (Phi) is 9.41. The number of aryl methyl sites for hydroxylation is 1. The van der Waals surface area contributed by atoms with E-state index >= 15 is 0 Å². The van der Waals surface area contributed by atoms with Crippen molar-refractivity contribution in [2.45, 2.75) is 46.2 Å². The molecule has 5 rings (SSSR count). The largest absolute Gasteiger partial charge is 0.507 e. The molecule has 40 heavy (non-hydrogen) atoms. The number of nitrogens with zero attached hydrogens (tertiary/aromatic N) is 2. The molecule has 0 radical (unpaired) electrons. The summed E-state index contributed by atoms with van der Waals surface area (Å²) in [7, 11) is 0. The molecular weight excluding hydrogens is 488 g/mol. The van der Waals surface area contributed by atoms with Crippen LogP contribution in [0, 0.1) is 6.92 Å². The molecule has 0 unspecified atom stereocenters. The smallest absolute Gasteiger partial charge is 0.124 e. The summed E-state index contributed by atoms with van der Waals surface area (Å²) in [5, 5.41) is 11.6. The predicted molar refractivity (Wildman–Crippen MR) is 165 cm³/mol. The molecule has 5 aromatic rings. The van der Waals surface area contributed by atoms with Crippen molar-refractivity contribution < 1.29 is 5.11 Å². The van der Waals surface area contributed by atoms with Crippen LogP contribution in [0.15, 0.2) is 133 Å². The molecule has 0 atom stereocenters. The van der Waals surface area contributed by atoms with Gasteiger partial charge in [-0.3, -0.25) is 9.80 Å². The predicted octanol–water partition coefficient (Wildman–Crippen LogP) is 8.11. The highest BCUT2D eigenvalue weighted by Crippen LogP contribution is 2.29. The van der Waals surface area contributed by atoms with Crippen LogP contribution in [-0.4, -0.2) is 14.9 Å². The number of hydrogen-bond donors (Lipinski definition) is 1. The van der Waals surface area contributed by atoms with E-state index in [2.05, 4.69) is 150 Å². The average molecular weight is 527 g/mol. The van der Waals surface area contributed by atoms with Crippen LogP contribution in [0.5, 0.6) is 5.75 Å². The highest BCUT2D eigenvalue weighted by Gasteiger charge is 2.17. The molecular formula is C37H38N2O. The van der Waals surface area contributed by atoms with Crippen LogP contribution in [0.25, 0.3) is 0 Å². The fourth-order valence-electron chi connectivity index (χ4n) is 5.36. The SMILES string of the molecule is Cc1cc(CN(Cc2ccccc2)Cc2ccccc2)c(O)c(CN(Cc2ccccc2)Cc2ccccc2)c1. The lowest BCUT2D eigenvalue weighted by molar-refractivity contribution is 0.237. The summed E-state index contributed by atoms with van der Waals surface area (Å²) >= 11 is 0. The fourth-order valence-corrected chi connectivity index (χ4v) is 5.36. The molecule has 0 aromatic heterocycles. The summed E-state index contributed by atoms with van der Waals surface area (Å²) in [6.07, 6.45) is 0. The van der Waals surface area contributed by atoms with Gasteiger partial charge in [-0.1, -0.05) is 139 Å². The standard InChI is InChI=1S/C37H38N2O/c1-30-22-35(28-38(24-31-14-6-2-7-15-31)25-32-16-8-3-9-17-32)37(40)36(23-30)29-39(26-33-18-10-4-11-19-33)27-34-20-12-5-13-21-34/h2-23,40H,24-29H2,1H3. The summed E-state index contributed by atoms with van der Waals surface area (Å²) in [6, 6.07) is 46.6. The van der Waals surface area contributed by atoms with Crippen molar-refractivity contribution in [2.75, 3.05) is 0 Å². The molecule has 3 heteroatoms. The van der Waals surface area contributed by atoms with Crippen molar-refractivity contribution in [1.82, 2.24) is 9.80 Å². The summed E-state index contributed by atoms with van der Waals surface area (Å²) in [4.78, 5) is 4.82. The van der Waals surface area contributed by atoms with E-state index in [0.717, 1.165) is 37.3 Å². The van der Waals surface area contributed by atoms with Gasteiger partial charge in [0, 0.05) is 50.4 Å². The maximum Gasteiger partial charge on any atom is 0.124 e. The summed E-state index contributed by atoms with van der Waals surface area (Å²) < 4.78 is 0. The highest BCUT2D eigenvalue weighted by atomic mass is 16.3. The Morgan fingerprint density at radius 2 is 0.700 bits per heavy atom. The molecule has 0 saturated heterocycles. The molecule has 0 aliphatic carbocycles. The molecule has 5 aromatic carbocycles. The van der Waals surface area contributed by atoms with Crippen LogP contribution in [-0.2, 0) is 39.3 Å². The van der Waals surface area contributed by atoms with E-state index in [-0.39, 0.29) is 0 Å². The van der Waals surface area contributed by atoms with E-state index < -0.39 is 0 Å². The maximum absolute atomic E-state index is 11.6. The minimum atomic E-state index is 0.405. The molecule has 0 amide bonds. The normalized spacial score (nSPS) is 11.3. The molecule has 202 valence electrons. The summed E-state index contributed by atoms with van der Waals surface area (Å²) in [5.41, 5.74) is 8.18. The number of aromatic hydroxyl groups is 1. The highest BCUT2D eigenvalue weighted by molar-refractivity contribution is 5.44. The van der Waals surface area contributed by atoms with E-state index in [1.165, 1.54) is 27.8 Å². The van der Waals surface area contributed by atoms with E-state index in [1.54, 1.807) is 0 Å². The molecule has 0 fully saturated rings. The van der Waals surface area contributed by atoms with Gasteiger partial charge < -0.3 is 5.11 Å². The Balaban J connectivity index is 1.40.